The molecule has 6 nitrogen and oxygen atoms in total. The molecule has 1 fully saturated rings. The lowest BCUT2D eigenvalue weighted by Gasteiger charge is -2.33. The van der Waals surface area contributed by atoms with Crippen LogP contribution in [0.2, 0.25) is 0 Å². The number of hydrogen-bond donors (Lipinski definition) is 3. The van der Waals surface area contributed by atoms with Crippen molar-refractivity contribution >= 4 is 11.8 Å². The van der Waals surface area contributed by atoms with E-state index >= 15 is 0 Å². The molecular weight excluding hydrogens is 304 g/mol. The monoisotopic (exact) mass is 334 g/mol. The van der Waals surface area contributed by atoms with Crippen molar-refractivity contribution in [2.75, 3.05) is 31.1 Å². The van der Waals surface area contributed by atoms with E-state index in [1.54, 1.807) is 0 Å². The Morgan fingerprint density at radius 3 is 2.67 bits per heavy atom. The quantitative estimate of drug-likeness (QED) is 0.744. The number of aliphatic hydroxyl groups excluding tert-OH is 1. The molecule has 0 atom stereocenters. The summed E-state index contributed by atoms with van der Waals surface area (Å²) in [7, 11) is 0. The summed E-state index contributed by atoms with van der Waals surface area (Å²) in [5.41, 5.74) is 1.07. The largest absolute Gasteiger partial charge is 0.396 e. The molecule has 1 aliphatic rings. The van der Waals surface area contributed by atoms with Gasteiger partial charge in [-0.25, -0.2) is 9.78 Å². The van der Waals surface area contributed by atoms with Crippen LogP contribution < -0.4 is 15.5 Å². The molecule has 0 bridgehead atoms. The van der Waals surface area contributed by atoms with Crippen LogP contribution in [0.1, 0.15) is 38.7 Å². The zero-order valence-electron chi connectivity index (χ0n) is 15.0. The summed E-state index contributed by atoms with van der Waals surface area (Å²) in [4.78, 5) is 18.8. The summed E-state index contributed by atoms with van der Waals surface area (Å²) in [5.74, 6) is 1.01. The van der Waals surface area contributed by atoms with E-state index in [0.717, 1.165) is 37.3 Å². The number of nitrogens with one attached hydrogen (secondary N) is 2. The lowest BCUT2D eigenvalue weighted by molar-refractivity contribution is 0.199. The van der Waals surface area contributed by atoms with Crippen LogP contribution in [0.5, 0.6) is 0 Å². The van der Waals surface area contributed by atoms with Crippen LogP contribution in [-0.4, -0.2) is 48.4 Å². The van der Waals surface area contributed by atoms with E-state index in [2.05, 4.69) is 32.7 Å². The molecular formula is C18H30N4O2. The summed E-state index contributed by atoms with van der Waals surface area (Å²) in [6, 6.07) is 4.22. The van der Waals surface area contributed by atoms with E-state index in [4.69, 9.17) is 5.11 Å². The number of carbonyl (C=O) groups is 1. The van der Waals surface area contributed by atoms with E-state index in [1.165, 1.54) is 0 Å². The highest BCUT2D eigenvalue weighted by Crippen LogP contribution is 2.19. The molecule has 0 spiro atoms. The molecule has 1 saturated heterocycles. The van der Waals surface area contributed by atoms with Gasteiger partial charge in [0.25, 0.3) is 0 Å². The van der Waals surface area contributed by atoms with Gasteiger partial charge in [-0.15, -0.1) is 0 Å². The van der Waals surface area contributed by atoms with E-state index in [9.17, 15) is 4.79 Å². The fourth-order valence-corrected chi connectivity index (χ4v) is 2.85. The number of aryl methyl sites for hydroxylation is 1. The SMILES string of the molecule is Cc1ccc(N2CCC(NC(=O)NCC(C)(C)CCO)CC2)nc1. The average Bonchev–Trinajstić information content (AvgIpc) is 2.55. The Hall–Kier alpha value is -1.82. The number of pyridine rings is 1. The van der Waals surface area contributed by atoms with Crippen LogP contribution in [-0.2, 0) is 0 Å². The predicted molar refractivity (Wildman–Crippen MR) is 96.2 cm³/mol. The number of rotatable bonds is 6. The second kappa shape index (κ2) is 8.33. The molecule has 0 aliphatic carbocycles. The van der Waals surface area contributed by atoms with Crippen LogP contribution >= 0.6 is 0 Å². The van der Waals surface area contributed by atoms with E-state index in [-0.39, 0.29) is 24.1 Å². The van der Waals surface area contributed by atoms with Gasteiger partial charge in [0.1, 0.15) is 5.82 Å². The molecule has 0 unspecified atom stereocenters. The van der Waals surface area contributed by atoms with Crippen molar-refractivity contribution in [1.29, 1.82) is 0 Å². The van der Waals surface area contributed by atoms with Gasteiger partial charge in [0, 0.05) is 38.5 Å². The van der Waals surface area contributed by atoms with Crippen molar-refractivity contribution < 1.29 is 9.90 Å². The predicted octanol–water partition coefficient (Wildman–Crippen LogP) is 2.07. The second-order valence-electron chi connectivity index (χ2n) is 7.42. The molecule has 3 N–H and O–H groups in total. The molecule has 0 aromatic carbocycles. The van der Waals surface area contributed by atoms with E-state index in [1.807, 2.05) is 27.0 Å². The minimum Gasteiger partial charge on any atom is -0.396 e. The van der Waals surface area contributed by atoms with Crippen molar-refractivity contribution in [1.82, 2.24) is 15.6 Å². The molecule has 2 amide bonds. The van der Waals surface area contributed by atoms with Crippen molar-refractivity contribution in [2.45, 2.75) is 46.1 Å². The van der Waals surface area contributed by atoms with Gasteiger partial charge in [-0.2, -0.15) is 0 Å². The van der Waals surface area contributed by atoms with E-state index in [0.29, 0.717) is 13.0 Å². The fraction of sp³-hybridized carbons (Fsp3) is 0.667. The number of piperidine rings is 1. The Labute approximate surface area is 144 Å². The van der Waals surface area contributed by atoms with Crippen LogP contribution in [0.3, 0.4) is 0 Å². The van der Waals surface area contributed by atoms with Gasteiger partial charge in [0.15, 0.2) is 0 Å². The number of anilines is 1. The number of aromatic nitrogens is 1. The minimum atomic E-state index is -0.118. The number of urea groups is 1. The Balaban J connectivity index is 1.72. The molecule has 1 aromatic rings. The zero-order valence-corrected chi connectivity index (χ0v) is 15.0. The molecule has 0 saturated carbocycles. The summed E-state index contributed by atoms with van der Waals surface area (Å²) in [6.07, 6.45) is 4.41. The third-order valence-corrected chi connectivity index (χ3v) is 4.57. The maximum Gasteiger partial charge on any atom is 0.315 e. The number of amides is 2. The summed E-state index contributed by atoms with van der Waals surface area (Å²) >= 11 is 0. The third-order valence-electron chi connectivity index (χ3n) is 4.57. The molecule has 1 aromatic heterocycles. The highest BCUT2D eigenvalue weighted by Gasteiger charge is 2.23. The van der Waals surface area contributed by atoms with Crippen molar-refractivity contribution in [3.05, 3.63) is 23.9 Å². The number of hydrogen-bond acceptors (Lipinski definition) is 4. The van der Waals surface area contributed by atoms with Gasteiger partial charge in [0.05, 0.1) is 0 Å². The first-order valence-electron chi connectivity index (χ1n) is 8.72. The molecule has 134 valence electrons. The number of nitrogens with zero attached hydrogens (tertiary/aromatic N) is 2. The van der Waals surface area contributed by atoms with Crippen molar-refractivity contribution in [3.8, 4) is 0 Å². The molecule has 2 heterocycles. The Kier molecular flexibility index (Phi) is 6.43. The third kappa shape index (κ3) is 5.67. The maximum atomic E-state index is 12.0. The average molecular weight is 334 g/mol. The first kappa shape index (κ1) is 18.5. The van der Waals surface area contributed by atoms with E-state index < -0.39 is 0 Å². The van der Waals surface area contributed by atoms with Gasteiger partial charge in [0.2, 0.25) is 0 Å². The van der Waals surface area contributed by atoms with Gasteiger partial charge in [-0.3, -0.25) is 0 Å². The molecule has 6 heteroatoms. The molecule has 2 rings (SSSR count). The highest BCUT2D eigenvalue weighted by atomic mass is 16.3. The lowest BCUT2D eigenvalue weighted by Crippen LogP contribution is -2.49. The van der Waals surface area contributed by atoms with Gasteiger partial charge < -0.3 is 20.6 Å². The van der Waals surface area contributed by atoms with Crippen LogP contribution in [0.4, 0.5) is 10.6 Å². The fourth-order valence-electron chi connectivity index (χ4n) is 2.85. The Morgan fingerprint density at radius 2 is 2.08 bits per heavy atom. The lowest BCUT2D eigenvalue weighted by atomic mass is 9.90. The first-order valence-corrected chi connectivity index (χ1v) is 8.72. The van der Waals surface area contributed by atoms with Gasteiger partial charge in [-0.1, -0.05) is 19.9 Å². The summed E-state index contributed by atoms with van der Waals surface area (Å²) in [6.45, 7) is 8.61. The van der Waals surface area contributed by atoms with Crippen LogP contribution in [0, 0.1) is 12.3 Å². The normalized spacial score (nSPS) is 16.1. The summed E-state index contributed by atoms with van der Waals surface area (Å²) < 4.78 is 0. The van der Waals surface area contributed by atoms with Crippen molar-refractivity contribution in [2.24, 2.45) is 5.41 Å². The number of aliphatic hydroxyl groups is 1. The maximum absolute atomic E-state index is 12.0. The van der Waals surface area contributed by atoms with Crippen LogP contribution in [0.15, 0.2) is 18.3 Å². The topological polar surface area (TPSA) is 77.5 Å². The van der Waals surface area contributed by atoms with Gasteiger partial charge in [-0.05, 0) is 43.2 Å². The van der Waals surface area contributed by atoms with Gasteiger partial charge >= 0.3 is 6.03 Å². The smallest absolute Gasteiger partial charge is 0.315 e. The molecule has 1 aliphatic heterocycles. The zero-order chi connectivity index (χ0) is 17.6. The number of carbonyl (C=O) groups excluding carboxylic acids is 1. The standard InChI is InChI=1S/C18H30N4O2/c1-14-4-5-16(19-12-14)22-9-6-15(7-10-22)21-17(24)20-13-18(2,3)8-11-23/h4-5,12,15,23H,6-11,13H2,1-3H3,(H2,20,21,24). The minimum absolute atomic E-state index is 0.0907. The second-order valence-corrected chi connectivity index (χ2v) is 7.42. The molecule has 24 heavy (non-hydrogen) atoms. The van der Waals surface area contributed by atoms with Crippen molar-refractivity contribution in [3.63, 3.8) is 0 Å². The summed E-state index contributed by atoms with van der Waals surface area (Å²) in [5, 5.41) is 15.0. The molecule has 0 radical (unpaired) electrons. The Bertz CT molecular complexity index is 522. The first-order chi connectivity index (χ1) is 11.4. The highest BCUT2D eigenvalue weighted by molar-refractivity contribution is 5.74. The Morgan fingerprint density at radius 1 is 1.38 bits per heavy atom. The van der Waals surface area contributed by atoms with Crippen LogP contribution in [0.25, 0.3) is 0 Å².